The molecule has 13 rings (SSSR count). The molecule has 0 saturated carbocycles. The Kier molecular flexibility index (Phi) is 9.39. The average Bonchev–Trinajstić information content (AvgIpc) is 3.94. The van der Waals surface area contributed by atoms with Crippen molar-refractivity contribution >= 4 is 34.1 Å². The molecule has 3 aliphatic carbocycles. The molecule has 2 nitrogen and oxygen atoms in total. The van der Waals surface area contributed by atoms with Gasteiger partial charge in [-0.25, -0.2) is 0 Å². The predicted molar refractivity (Wildman–Crippen MR) is 294 cm³/mol. The molecule has 0 N–H and O–H groups in total. The minimum atomic E-state index is -0.630. The Morgan fingerprint density at radius 3 is 1.23 bits per heavy atom. The molecular weight excluding hydrogens is 845 g/mol. The van der Waals surface area contributed by atoms with Gasteiger partial charge in [0.15, 0.2) is 0 Å². The molecule has 0 amide bonds. The predicted octanol–water partition coefficient (Wildman–Crippen LogP) is 18.2. The Balaban J connectivity index is 1.13. The van der Waals surface area contributed by atoms with E-state index >= 15 is 0 Å². The molecule has 0 fully saturated rings. The van der Waals surface area contributed by atoms with Crippen molar-refractivity contribution in [2.24, 2.45) is 0 Å². The van der Waals surface area contributed by atoms with Crippen molar-refractivity contribution in [3.8, 4) is 44.5 Å². The number of para-hydroxylation sites is 3. The van der Waals surface area contributed by atoms with Crippen LogP contribution in [0.1, 0.15) is 73.6 Å². The first kappa shape index (κ1) is 41.9. The van der Waals surface area contributed by atoms with Crippen LogP contribution < -0.4 is 9.80 Å². The molecular formula is C68H54N2. The molecule has 0 radical (unpaired) electrons. The van der Waals surface area contributed by atoms with E-state index in [4.69, 9.17) is 0 Å². The monoisotopic (exact) mass is 898 g/mol. The highest BCUT2D eigenvalue weighted by Gasteiger charge is 2.53. The van der Waals surface area contributed by atoms with Gasteiger partial charge in [-0.2, -0.15) is 0 Å². The number of hydrogen-bond acceptors (Lipinski definition) is 2. The first-order chi connectivity index (χ1) is 34.1. The van der Waals surface area contributed by atoms with Crippen molar-refractivity contribution in [2.45, 2.75) is 50.9 Å². The fourth-order valence-corrected chi connectivity index (χ4v) is 12.5. The van der Waals surface area contributed by atoms with Gasteiger partial charge in [0, 0.05) is 33.7 Å². The van der Waals surface area contributed by atoms with Crippen LogP contribution in [0.2, 0.25) is 0 Å². The number of benzene rings is 10. The second kappa shape index (κ2) is 15.7. The number of anilines is 6. The van der Waals surface area contributed by atoms with Crippen molar-refractivity contribution in [3.63, 3.8) is 0 Å². The molecule has 336 valence electrons. The molecule has 0 heterocycles. The van der Waals surface area contributed by atoms with Gasteiger partial charge in [0.05, 0.1) is 16.8 Å². The number of fused-ring (bicyclic) bond motifs is 13. The van der Waals surface area contributed by atoms with Gasteiger partial charge in [-0.3, -0.25) is 0 Å². The third-order valence-electron chi connectivity index (χ3n) is 15.6. The number of rotatable bonds is 7. The van der Waals surface area contributed by atoms with Crippen LogP contribution in [0, 0.1) is 0 Å². The zero-order chi connectivity index (χ0) is 47.4. The van der Waals surface area contributed by atoms with E-state index < -0.39 is 5.41 Å². The first-order valence-corrected chi connectivity index (χ1v) is 24.8. The SMILES string of the molecule is CC(C)(C)c1cc2c(cc1N(c1ccccc1)c1ccc3c(c1)-c1ccccc1C3(C)C)C1(c3ccccc3-c3cc(-c4ccccc4)c(N(c4ccccc4)c4ccccc4)cc31)c1ccccc1-2. The van der Waals surface area contributed by atoms with Crippen LogP contribution >= 0.6 is 0 Å². The van der Waals surface area contributed by atoms with Gasteiger partial charge in [-0.1, -0.05) is 198 Å². The van der Waals surface area contributed by atoms with Gasteiger partial charge in [-0.05, 0) is 156 Å². The van der Waals surface area contributed by atoms with Crippen LogP contribution in [0.25, 0.3) is 44.5 Å². The minimum absolute atomic E-state index is 0.0938. The maximum atomic E-state index is 2.59. The molecule has 0 aromatic heterocycles. The van der Waals surface area contributed by atoms with Gasteiger partial charge in [0.2, 0.25) is 0 Å². The molecule has 1 spiro atoms. The molecule has 1 unspecified atom stereocenters. The van der Waals surface area contributed by atoms with Gasteiger partial charge >= 0.3 is 0 Å². The van der Waals surface area contributed by atoms with Gasteiger partial charge in [0.25, 0.3) is 0 Å². The fraction of sp³-hybridized carbons (Fsp3) is 0.118. The van der Waals surface area contributed by atoms with E-state index in [1.807, 2.05) is 0 Å². The van der Waals surface area contributed by atoms with E-state index in [2.05, 4.69) is 281 Å². The first-order valence-electron chi connectivity index (χ1n) is 24.8. The summed E-state index contributed by atoms with van der Waals surface area (Å²) < 4.78 is 0. The fourth-order valence-electron chi connectivity index (χ4n) is 12.5. The molecule has 10 aromatic rings. The number of nitrogens with zero attached hydrogens (tertiary/aromatic N) is 2. The quantitative estimate of drug-likeness (QED) is 0.157. The van der Waals surface area contributed by atoms with Crippen molar-refractivity contribution in [1.82, 2.24) is 0 Å². The maximum Gasteiger partial charge on any atom is 0.0727 e. The van der Waals surface area contributed by atoms with E-state index in [1.54, 1.807) is 0 Å². The van der Waals surface area contributed by atoms with Crippen molar-refractivity contribution in [2.75, 3.05) is 9.80 Å². The lowest BCUT2D eigenvalue weighted by Crippen LogP contribution is -2.27. The van der Waals surface area contributed by atoms with Crippen LogP contribution in [-0.2, 0) is 16.2 Å². The largest absolute Gasteiger partial charge is 0.310 e. The second-order valence-corrected chi connectivity index (χ2v) is 20.9. The highest BCUT2D eigenvalue weighted by atomic mass is 15.2. The third kappa shape index (κ3) is 6.12. The van der Waals surface area contributed by atoms with Crippen LogP contribution in [0.3, 0.4) is 0 Å². The topological polar surface area (TPSA) is 6.48 Å². The zero-order valence-corrected chi connectivity index (χ0v) is 40.4. The zero-order valence-electron chi connectivity index (χ0n) is 40.4. The standard InChI is InChI=1S/C68H54N2/c1-66(2,3)63-42-56-52-34-20-23-37-60(52)68(62(56)44-65(63)70(48-30-16-9-17-31-48)49-38-39-58-54(40-49)50-32-18-21-35-57(50)67(58,4)5)59-36-22-19-33-51(59)55-41-53(45-24-10-6-11-25-45)64(43-61(55)68)69(46-26-12-7-13-27-46)47-28-14-8-15-29-47/h6-44H,1-5H3. The summed E-state index contributed by atoms with van der Waals surface area (Å²) in [7, 11) is 0. The maximum absolute atomic E-state index is 2.59. The Morgan fingerprint density at radius 2 is 0.700 bits per heavy atom. The molecule has 3 aliphatic rings. The third-order valence-corrected chi connectivity index (χ3v) is 15.6. The molecule has 0 aliphatic heterocycles. The van der Waals surface area contributed by atoms with Crippen LogP contribution in [0.4, 0.5) is 34.1 Å². The smallest absolute Gasteiger partial charge is 0.0727 e. The molecule has 70 heavy (non-hydrogen) atoms. The van der Waals surface area contributed by atoms with Crippen LogP contribution in [0.15, 0.2) is 237 Å². The summed E-state index contributed by atoms with van der Waals surface area (Å²) in [5, 5.41) is 0. The second-order valence-electron chi connectivity index (χ2n) is 20.9. The minimum Gasteiger partial charge on any atom is -0.310 e. The summed E-state index contributed by atoms with van der Waals surface area (Å²) in [4.78, 5) is 5.00. The van der Waals surface area contributed by atoms with E-state index in [0.29, 0.717) is 0 Å². The van der Waals surface area contributed by atoms with Crippen molar-refractivity contribution in [3.05, 3.63) is 276 Å². The van der Waals surface area contributed by atoms with Gasteiger partial charge < -0.3 is 9.80 Å². The average molecular weight is 899 g/mol. The Bertz CT molecular complexity index is 3620. The highest BCUT2D eigenvalue weighted by Crippen LogP contribution is 2.66. The summed E-state index contributed by atoms with van der Waals surface area (Å²) >= 11 is 0. The Labute approximate surface area is 412 Å². The molecule has 1 atom stereocenters. The summed E-state index contributed by atoms with van der Waals surface area (Å²) in [5.74, 6) is 0. The summed E-state index contributed by atoms with van der Waals surface area (Å²) in [6.45, 7) is 11.9. The lowest BCUT2D eigenvalue weighted by Gasteiger charge is -2.36. The van der Waals surface area contributed by atoms with E-state index in [0.717, 1.165) is 28.4 Å². The molecule has 2 heteroatoms. The molecule has 10 aromatic carbocycles. The van der Waals surface area contributed by atoms with E-state index in [9.17, 15) is 0 Å². The Hall–Kier alpha value is -8.20. The lowest BCUT2D eigenvalue weighted by atomic mass is 9.69. The van der Waals surface area contributed by atoms with Crippen molar-refractivity contribution in [1.29, 1.82) is 0 Å². The lowest BCUT2D eigenvalue weighted by molar-refractivity contribution is 0.590. The van der Waals surface area contributed by atoms with Crippen LogP contribution in [0.5, 0.6) is 0 Å². The summed E-state index contributed by atoms with van der Waals surface area (Å²) in [6.07, 6.45) is 0. The molecule has 0 saturated heterocycles. The highest BCUT2D eigenvalue weighted by molar-refractivity contribution is 6.01. The van der Waals surface area contributed by atoms with E-state index in [1.165, 1.54) is 89.1 Å². The Morgan fingerprint density at radius 1 is 0.300 bits per heavy atom. The summed E-state index contributed by atoms with van der Waals surface area (Å²) in [6, 6.07) is 88.6. The van der Waals surface area contributed by atoms with Gasteiger partial charge in [0.1, 0.15) is 0 Å². The summed E-state index contributed by atoms with van der Waals surface area (Å²) in [5.41, 5.74) is 25.3. The normalized spacial score (nSPS) is 15.4. The van der Waals surface area contributed by atoms with Gasteiger partial charge in [-0.15, -0.1) is 0 Å². The number of hydrogen-bond donors (Lipinski definition) is 0. The van der Waals surface area contributed by atoms with E-state index in [-0.39, 0.29) is 10.8 Å². The van der Waals surface area contributed by atoms with Crippen molar-refractivity contribution < 1.29 is 0 Å². The van der Waals surface area contributed by atoms with Crippen LogP contribution in [-0.4, -0.2) is 0 Å². The molecule has 0 bridgehead atoms.